The molecule has 1 atom stereocenters. The van der Waals surface area contributed by atoms with Crippen molar-refractivity contribution in [1.29, 1.82) is 5.26 Å². The molecular weight excluding hydrogens is 282 g/mol. The summed E-state index contributed by atoms with van der Waals surface area (Å²) in [5, 5.41) is 19.5. The molecule has 0 saturated carbocycles. The summed E-state index contributed by atoms with van der Waals surface area (Å²) in [6.45, 7) is 0.348. The van der Waals surface area contributed by atoms with Gasteiger partial charge >= 0.3 is 5.69 Å². The molecule has 0 aliphatic carbocycles. The number of nitriles is 1. The second-order valence-corrected chi connectivity index (χ2v) is 5.31. The Morgan fingerprint density at radius 3 is 2.68 bits per heavy atom. The maximum atomic E-state index is 12.4. The van der Waals surface area contributed by atoms with Crippen LogP contribution in [0.3, 0.4) is 0 Å². The fourth-order valence-electron chi connectivity index (χ4n) is 2.86. The van der Waals surface area contributed by atoms with E-state index < -0.39 is 17.4 Å². The van der Waals surface area contributed by atoms with Crippen molar-refractivity contribution in [2.45, 2.75) is 32.0 Å². The van der Waals surface area contributed by atoms with Crippen LogP contribution >= 0.6 is 0 Å². The third kappa shape index (κ3) is 2.26. The number of hydrogen-bond acceptors (Lipinski definition) is 4. The summed E-state index contributed by atoms with van der Waals surface area (Å²) in [6, 6.07) is 10.7. The monoisotopic (exact) mass is 297 g/mol. The number of aromatic nitrogens is 2. The van der Waals surface area contributed by atoms with Crippen LogP contribution in [0.25, 0.3) is 0 Å². The predicted octanol–water partition coefficient (Wildman–Crippen LogP) is 0.561. The minimum Gasteiger partial charge on any atom is -0.387 e. The van der Waals surface area contributed by atoms with E-state index in [2.05, 4.69) is 0 Å². The second kappa shape index (κ2) is 5.62. The molecule has 2 heterocycles. The number of nitrogens with zero attached hydrogens (tertiary/aromatic N) is 3. The predicted molar refractivity (Wildman–Crippen MR) is 79.4 cm³/mol. The Bertz CT molecular complexity index is 859. The van der Waals surface area contributed by atoms with E-state index in [9.17, 15) is 20.0 Å². The average molecular weight is 297 g/mol. The maximum Gasteiger partial charge on any atom is 0.331 e. The van der Waals surface area contributed by atoms with Crippen LogP contribution in [0.15, 0.2) is 39.9 Å². The van der Waals surface area contributed by atoms with Gasteiger partial charge < -0.3 is 5.11 Å². The lowest BCUT2D eigenvalue weighted by Crippen LogP contribution is -2.42. The van der Waals surface area contributed by atoms with Gasteiger partial charge in [-0.2, -0.15) is 5.26 Å². The van der Waals surface area contributed by atoms with Gasteiger partial charge in [-0.25, -0.2) is 4.79 Å². The summed E-state index contributed by atoms with van der Waals surface area (Å²) in [4.78, 5) is 24.8. The first-order valence-electron chi connectivity index (χ1n) is 7.13. The summed E-state index contributed by atoms with van der Waals surface area (Å²) in [7, 11) is 0. The Balaban J connectivity index is 2.07. The molecule has 0 radical (unpaired) electrons. The van der Waals surface area contributed by atoms with E-state index in [1.54, 1.807) is 24.3 Å². The van der Waals surface area contributed by atoms with Gasteiger partial charge in [0, 0.05) is 12.2 Å². The normalized spacial score (nSPS) is 14.4. The molecule has 3 rings (SSSR count). The topological polar surface area (TPSA) is 88.0 Å². The van der Waals surface area contributed by atoms with Crippen LogP contribution in [0.4, 0.5) is 0 Å². The van der Waals surface area contributed by atoms with Gasteiger partial charge in [0.1, 0.15) is 11.6 Å². The van der Waals surface area contributed by atoms with Crippen molar-refractivity contribution in [3.8, 4) is 6.07 Å². The lowest BCUT2D eigenvalue weighted by Gasteiger charge is -2.15. The lowest BCUT2D eigenvalue weighted by atomic mass is 10.1. The third-order valence-electron chi connectivity index (χ3n) is 3.98. The molecule has 1 aliphatic heterocycles. The van der Waals surface area contributed by atoms with E-state index in [1.807, 2.05) is 12.1 Å². The standard InChI is InChI=1S/C16H15N3O3/c17-9-12-13-7-4-8-18(13)16(22)19(15(12)21)10-14(20)11-5-2-1-3-6-11/h1-3,5-6,14,20H,4,7-8,10H2. The van der Waals surface area contributed by atoms with Gasteiger partial charge in [0.05, 0.1) is 12.6 Å². The smallest absolute Gasteiger partial charge is 0.331 e. The molecule has 0 spiro atoms. The molecule has 6 heteroatoms. The number of aliphatic hydroxyl groups is 1. The molecule has 0 bridgehead atoms. The summed E-state index contributed by atoms with van der Waals surface area (Å²) >= 11 is 0. The molecule has 1 aromatic carbocycles. The van der Waals surface area contributed by atoms with Gasteiger partial charge in [0.25, 0.3) is 5.56 Å². The molecule has 1 aliphatic rings. The van der Waals surface area contributed by atoms with Gasteiger partial charge in [-0.15, -0.1) is 0 Å². The van der Waals surface area contributed by atoms with Crippen LogP contribution in [-0.4, -0.2) is 14.2 Å². The molecule has 1 unspecified atom stereocenters. The van der Waals surface area contributed by atoms with Gasteiger partial charge in [0.2, 0.25) is 0 Å². The highest BCUT2D eigenvalue weighted by atomic mass is 16.3. The minimum atomic E-state index is -0.974. The van der Waals surface area contributed by atoms with Crippen molar-refractivity contribution in [2.75, 3.05) is 0 Å². The highest BCUT2D eigenvalue weighted by Gasteiger charge is 2.23. The van der Waals surface area contributed by atoms with E-state index in [1.165, 1.54) is 4.57 Å². The van der Waals surface area contributed by atoms with Gasteiger partial charge in [-0.1, -0.05) is 30.3 Å². The van der Waals surface area contributed by atoms with E-state index in [4.69, 9.17) is 0 Å². The van der Waals surface area contributed by atoms with Crippen LogP contribution in [0.1, 0.15) is 29.3 Å². The second-order valence-electron chi connectivity index (χ2n) is 5.31. The van der Waals surface area contributed by atoms with Crippen molar-refractivity contribution in [1.82, 2.24) is 9.13 Å². The number of aliphatic hydroxyl groups excluding tert-OH is 1. The van der Waals surface area contributed by atoms with Crippen LogP contribution < -0.4 is 11.2 Å². The Morgan fingerprint density at radius 1 is 1.27 bits per heavy atom. The molecule has 1 aromatic heterocycles. The Labute approximate surface area is 126 Å². The molecule has 0 fully saturated rings. The molecule has 0 amide bonds. The summed E-state index contributed by atoms with van der Waals surface area (Å²) < 4.78 is 2.43. The van der Waals surface area contributed by atoms with Crippen molar-refractivity contribution < 1.29 is 5.11 Å². The van der Waals surface area contributed by atoms with Crippen LogP contribution in [0.5, 0.6) is 0 Å². The average Bonchev–Trinajstić information content (AvgIpc) is 3.02. The zero-order valence-electron chi connectivity index (χ0n) is 11.9. The first-order valence-corrected chi connectivity index (χ1v) is 7.13. The van der Waals surface area contributed by atoms with Gasteiger partial charge in [-0.05, 0) is 18.4 Å². The Morgan fingerprint density at radius 2 is 2.00 bits per heavy atom. The highest BCUT2D eigenvalue weighted by Crippen LogP contribution is 2.15. The molecule has 22 heavy (non-hydrogen) atoms. The first kappa shape index (κ1) is 14.3. The van der Waals surface area contributed by atoms with Crippen LogP contribution in [0.2, 0.25) is 0 Å². The van der Waals surface area contributed by atoms with E-state index in [-0.39, 0.29) is 12.1 Å². The minimum absolute atomic E-state index is 0.0114. The first-order chi connectivity index (χ1) is 10.6. The molecule has 2 aromatic rings. The Kier molecular flexibility index (Phi) is 3.65. The van der Waals surface area contributed by atoms with Gasteiger partial charge in [-0.3, -0.25) is 13.9 Å². The molecule has 1 N–H and O–H groups in total. The largest absolute Gasteiger partial charge is 0.387 e. The fraction of sp³-hybridized carbons (Fsp3) is 0.312. The molecule has 112 valence electrons. The molecule has 6 nitrogen and oxygen atoms in total. The van der Waals surface area contributed by atoms with E-state index in [0.29, 0.717) is 24.2 Å². The third-order valence-corrected chi connectivity index (χ3v) is 3.98. The fourth-order valence-corrected chi connectivity index (χ4v) is 2.86. The number of fused-ring (bicyclic) bond motifs is 1. The van der Waals surface area contributed by atoms with E-state index in [0.717, 1.165) is 11.0 Å². The molecule has 0 saturated heterocycles. The summed E-state index contributed by atoms with van der Waals surface area (Å²) in [5.41, 5.74) is 0.0835. The SMILES string of the molecule is N#Cc1c2n(c(=O)n(CC(O)c3ccccc3)c1=O)CCC2. The maximum absolute atomic E-state index is 12.4. The van der Waals surface area contributed by atoms with Crippen LogP contribution in [0, 0.1) is 11.3 Å². The van der Waals surface area contributed by atoms with Crippen molar-refractivity contribution in [3.05, 3.63) is 68.0 Å². The number of benzene rings is 1. The zero-order valence-corrected chi connectivity index (χ0v) is 11.9. The highest BCUT2D eigenvalue weighted by molar-refractivity contribution is 5.33. The van der Waals surface area contributed by atoms with E-state index >= 15 is 0 Å². The summed E-state index contributed by atoms with van der Waals surface area (Å²) in [6.07, 6.45) is 0.336. The van der Waals surface area contributed by atoms with Crippen LogP contribution in [-0.2, 0) is 19.5 Å². The molecular formula is C16H15N3O3. The number of rotatable bonds is 3. The van der Waals surface area contributed by atoms with Gasteiger partial charge in [0.15, 0.2) is 0 Å². The van der Waals surface area contributed by atoms with Crippen molar-refractivity contribution >= 4 is 0 Å². The summed E-state index contributed by atoms with van der Waals surface area (Å²) in [5.74, 6) is 0. The quantitative estimate of drug-likeness (QED) is 0.896. The number of hydrogen-bond donors (Lipinski definition) is 1. The van der Waals surface area contributed by atoms with Crippen molar-refractivity contribution in [3.63, 3.8) is 0 Å². The Hall–Kier alpha value is -2.65. The van der Waals surface area contributed by atoms with Crippen molar-refractivity contribution in [2.24, 2.45) is 0 Å². The lowest BCUT2D eigenvalue weighted by molar-refractivity contribution is 0.152. The zero-order chi connectivity index (χ0) is 15.7.